The van der Waals surface area contributed by atoms with Gasteiger partial charge in [0.15, 0.2) is 9.84 Å². The van der Waals surface area contributed by atoms with Gasteiger partial charge < -0.3 is 5.32 Å². The first-order valence-corrected chi connectivity index (χ1v) is 8.74. The van der Waals surface area contributed by atoms with Gasteiger partial charge in [-0.3, -0.25) is 0 Å². The molecule has 1 atom stereocenters. The summed E-state index contributed by atoms with van der Waals surface area (Å²) < 4.78 is 25.8. The number of piperidine rings is 1. The predicted molar refractivity (Wildman–Crippen MR) is 75.7 cm³/mol. The van der Waals surface area contributed by atoms with E-state index in [2.05, 4.69) is 5.32 Å². The maximum absolute atomic E-state index is 12.9. The van der Waals surface area contributed by atoms with Gasteiger partial charge in [-0.25, -0.2) is 8.42 Å². The fourth-order valence-corrected chi connectivity index (χ4v) is 5.67. The molecule has 0 bridgehead atoms. The minimum Gasteiger partial charge on any atom is -0.317 e. The molecule has 0 amide bonds. The molecular weight excluding hydrogens is 258 g/mol. The third-order valence-corrected chi connectivity index (χ3v) is 6.78. The number of hydrogen-bond donors (Lipinski definition) is 1. The minimum atomic E-state index is -3.17. The zero-order chi connectivity index (χ0) is 13.3. The Morgan fingerprint density at radius 2 is 1.53 bits per heavy atom. The second-order valence-corrected chi connectivity index (χ2v) is 7.85. The lowest BCUT2D eigenvalue weighted by Gasteiger charge is -2.30. The first-order chi connectivity index (χ1) is 9.19. The first kappa shape index (κ1) is 13.1. The van der Waals surface area contributed by atoms with Crippen LogP contribution in [0.5, 0.6) is 0 Å². The van der Waals surface area contributed by atoms with Crippen LogP contribution in [0, 0.1) is 11.8 Å². The van der Waals surface area contributed by atoms with Crippen LogP contribution < -0.4 is 5.32 Å². The van der Waals surface area contributed by atoms with Crippen molar-refractivity contribution < 1.29 is 8.42 Å². The molecule has 1 aromatic carbocycles. The van der Waals surface area contributed by atoms with Crippen LogP contribution in [0.25, 0.3) is 0 Å². The van der Waals surface area contributed by atoms with Gasteiger partial charge in [0.2, 0.25) is 0 Å². The Bertz CT molecular complexity index is 516. The Morgan fingerprint density at radius 1 is 0.947 bits per heavy atom. The van der Waals surface area contributed by atoms with Crippen molar-refractivity contribution in [2.45, 2.75) is 35.8 Å². The molecule has 1 N–H and O–H groups in total. The molecule has 2 fully saturated rings. The third-order valence-electron chi connectivity index (χ3n) is 4.37. The summed E-state index contributed by atoms with van der Waals surface area (Å²) in [4.78, 5) is 0.505. The predicted octanol–water partition coefficient (Wildman–Crippen LogP) is 2.24. The number of rotatable bonds is 4. The lowest BCUT2D eigenvalue weighted by molar-refractivity contribution is 0.339. The van der Waals surface area contributed by atoms with E-state index in [9.17, 15) is 8.42 Å². The van der Waals surface area contributed by atoms with Gasteiger partial charge in [0, 0.05) is 0 Å². The summed E-state index contributed by atoms with van der Waals surface area (Å²) in [6.07, 6.45) is 4.15. The summed E-state index contributed by atoms with van der Waals surface area (Å²) in [7, 11) is -3.17. The van der Waals surface area contributed by atoms with Crippen molar-refractivity contribution in [3.05, 3.63) is 30.3 Å². The highest BCUT2D eigenvalue weighted by molar-refractivity contribution is 7.92. The van der Waals surface area contributed by atoms with Crippen LogP contribution in [0.2, 0.25) is 0 Å². The average molecular weight is 279 g/mol. The van der Waals surface area contributed by atoms with Crippen LogP contribution >= 0.6 is 0 Å². The third kappa shape index (κ3) is 2.70. The fourth-order valence-electron chi connectivity index (χ4n) is 3.26. The smallest absolute Gasteiger partial charge is 0.181 e. The fraction of sp³-hybridized carbons (Fsp3) is 0.600. The molecule has 19 heavy (non-hydrogen) atoms. The van der Waals surface area contributed by atoms with Gasteiger partial charge in [-0.2, -0.15) is 0 Å². The van der Waals surface area contributed by atoms with Gasteiger partial charge in [0.25, 0.3) is 0 Å². The molecule has 0 spiro atoms. The molecule has 1 aromatic rings. The Morgan fingerprint density at radius 3 is 2.11 bits per heavy atom. The minimum absolute atomic E-state index is 0.156. The second-order valence-electron chi connectivity index (χ2n) is 5.75. The molecule has 0 radical (unpaired) electrons. The normalized spacial score (nSPS) is 23.2. The Labute approximate surface area is 115 Å². The van der Waals surface area contributed by atoms with Gasteiger partial charge >= 0.3 is 0 Å². The molecule has 1 aliphatic carbocycles. The molecule has 1 heterocycles. The van der Waals surface area contributed by atoms with Crippen LogP contribution in [0.3, 0.4) is 0 Å². The standard InChI is InChI=1S/C15H21NO2S/c17-19(18,14-4-2-1-3-5-14)15(12-6-7-12)13-8-10-16-11-9-13/h1-5,12-13,15-16H,6-11H2. The number of hydrogen-bond acceptors (Lipinski definition) is 3. The van der Waals surface area contributed by atoms with Crippen molar-refractivity contribution >= 4 is 9.84 Å². The number of benzene rings is 1. The van der Waals surface area contributed by atoms with E-state index in [1.807, 2.05) is 18.2 Å². The molecule has 1 saturated carbocycles. The van der Waals surface area contributed by atoms with Crippen LogP contribution in [0.15, 0.2) is 35.2 Å². The lowest BCUT2D eigenvalue weighted by atomic mass is 9.92. The lowest BCUT2D eigenvalue weighted by Crippen LogP contribution is -2.39. The molecule has 3 nitrogen and oxygen atoms in total. The summed E-state index contributed by atoms with van der Waals surface area (Å²) >= 11 is 0. The maximum Gasteiger partial charge on any atom is 0.181 e. The van der Waals surface area contributed by atoms with Crippen LogP contribution in [0.1, 0.15) is 25.7 Å². The van der Waals surface area contributed by atoms with Crippen molar-refractivity contribution in [3.63, 3.8) is 0 Å². The van der Waals surface area contributed by atoms with Gasteiger partial charge in [-0.15, -0.1) is 0 Å². The highest BCUT2D eigenvalue weighted by Crippen LogP contribution is 2.43. The van der Waals surface area contributed by atoms with E-state index < -0.39 is 9.84 Å². The molecule has 104 valence electrons. The zero-order valence-corrected chi connectivity index (χ0v) is 11.9. The molecule has 3 rings (SSSR count). The zero-order valence-electron chi connectivity index (χ0n) is 11.1. The summed E-state index contributed by atoms with van der Waals surface area (Å²) in [6, 6.07) is 8.99. The van der Waals surface area contributed by atoms with Crippen LogP contribution in [-0.4, -0.2) is 26.8 Å². The number of nitrogens with one attached hydrogen (secondary N) is 1. The van der Waals surface area contributed by atoms with E-state index in [1.54, 1.807) is 12.1 Å². The molecule has 1 saturated heterocycles. The monoisotopic (exact) mass is 279 g/mol. The van der Waals surface area contributed by atoms with E-state index in [4.69, 9.17) is 0 Å². The molecule has 0 aromatic heterocycles. The second kappa shape index (κ2) is 5.25. The Balaban J connectivity index is 1.91. The molecule has 4 heteroatoms. The first-order valence-electron chi connectivity index (χ1n) is 7.19. The van der Waals surface area contributed by atoms with Gasteiger partial charge in [0.05, 0.1) is 10.1 Å². The van der Waals surface area contributed by atoms with Gasteiger partial charge in [-0.1, -0.05) is 18.2 Å². The van der Waals surface area contributed by atoms with Crippen molar-refractivity contribution in [2.24, 2.45) is 11.8 Å². The Kier molecular flexibility index (Phi) is 3.63. The van der Waals surface area contributed by atoms with E-state index in [0.717, 1.165) is 38.8 Å². The van der Waals surface area contributed by atoms with Crippen LogP contribution in [-0.2, 0) is 9.84 Å². The topological polar surface area (TPSA) is 46.2 Å². The quantitative estimate of drug-likeness (QED) is 0.919. The van der Waals surface area contributed by atoms with E-state index in [-0.39, 0.29) is 5.25 Å². The molecular formula is C15H21NO2S. The number of sulfone groups is 1. The van der Waals surface area contributed by atoms with Crippen molar-refractivity contribution in [1.29, 1.82) is 0 Å². The van der Waals surface area contributed by atoms with Gasteiger partial charge in [-0.05, 0) is 62.7 Å². The molecule has 2 aliphatic rings. The Hall–Kier alpha value is -0.870. The van der Waals surface area contributed by atoms with Crippen molar-refractivity contribution in [1.82, 2.24) is 5.32 Å². The maximum atomic E-state index is 12.9. The highest BCUT2D eigenvalue weighted by atomic mass is 32.2. The van der Waals surface area contributed by atoms with E-state index >= 15 is 0 Å². The van der Waals surface area contributed by atoms with Gasteiger partial charge in [0.1, 0.15) is 0 Å². The molecule has 1 unspecified atom stereocenters. The van der Waals surface area contributed by atoms with Crippen molar-refractivity contribution in [3.8, 4) is 0 Å². The molecule has 1 aliphatic heterocycles. The van der Waals surface area contributed by atoms with E-state index in [1.165, 1.54) is 0 Å². The van der Waals surface area contributed by atoms with Crippen LogP contribution in [0.4, 0.5) is 0 Å². The summed E-state index contributed by atoms with van der Waals surface area (Å²) in [6.45, 7) is 1.91. The summed E-state index contributed by atoms with van der Waals surface area (Å²) in [5.74, 6) is 0.729. The highest BCUT2D eigenvalue weighted by Gasteiger charge is 2.45. The average Bonchev–Trinajstić information content (AvgIpc) is 3.25. The summed E-state index contributed by atoms with van der Waals surface area (Å²) in [5, 5.41) is 3.17. The SMILES string of the molecule is O=S(=O)(c1ccccc1)C(C1CCNCC1)C1CC1. The van der Waals surface area contributed by atoms with E-state index in [0.29, 0.717) is 16.7 Å². The summed E-state index contributed by atoms with van der Waals surface area (Å²) in [5.41, 5.74) is 0. The largest absolute Gasteiger partial charge is 0.317 e. The van der Waals surface area contributed by atoms with Crippen molar-refractivity contribution in [2.75, 3.05) is 13.1 Å².